The second kappa shape index (κ2) is 9.39. The molecule has 0 spiro atoms. The molecular weight excluding hydrogens is 422 g/mol. The lowest BCUT2D eigenvalue weighted by molar-refractivity contribution is 0.0847. The monoisotopic (exact) mass is 445 g/mol. The Morgan fingerprint density at radius 1 is 0.970 bits per heavy atom. The fourth-order valence-electron chi connectivity index (χ4n) is 3.29. The number of benzene rings is 2. The van der Waals surface area contributed by atoms with Crippen LogP contribution in [-0.2, 0) is 0 Å². The second-order valence-corrected chi connectivity index (χ2v) is 7.43. The Morgan fingerprint density at radius 2 is 1.73 bits per heavy atom. The summed E-state index contributed by atoms with van der Waals surface area (Å²) in [6.45, 7) is 3.79. The predicted molar refractivity (Wildman–Crippen MR) is 122 cm³/mol. The van der Waals surface area contributed by atoms with Gasteiger partial charge in [0.15, 0.2) is 17.1 Å². The number of amides is 2. The summed E-state index contributed by atoms with van der Waals surface area (Å²) in [7, 11) is 1.49. The number of carbonyl (C=O) groups is 2. The summed E-state index contributed by atoms with van der Waals surface area (Å²) in [5.41, 5.74) is 7.46. The first-order chi connectivity index (χ1) is 16.0. The van der Waals surface area contributed by atoms with E-state index < -0.39 is 11.8 Å². The first-order valence-electron chi connectivity index (χ1n) is 10.3. The van der Waals surface area contributed by atoms with Crippen molar-refractivity contribution in [3.05, 3.63) is 78.1 Å². The third-order valence-corrected chi connectivity index (χ3v) is 4.79. The van der Waals surface area contributed by atoms with Gasteiger partial charge in [0.2, 0.25) is 0 Å². The number of hydrogen-bond donors (Lipinski definition) is 2. The van der Waals surface area contributed by atoms with Gasteiger partial charge in [-0.2, -0.15) is 5.10 Å². The van der Waals surface area contributed by atoms with Crippen LogP contribution in [0.1, 0.15) is 34.6 Å². The van der Waals surface area contributed by atoms with Gasteiger partial charge >= 0.3 is 0 Å². The molecule has 0 aliphatic heterocycles. The van der Waals surface area contributed by atoms with Crippen LogP contribution in [0.15, 0.2) is 67.0 Å². The molecule has 2 aromatic carbocycles. The molecule has 9 heteroatoms. The molecule has 2 amide bonds. The Kier molecular flexibility index (Phi) is 6.21. The summed E-state index contributed by atoms with van der Waals surface area (Å²) >= 11 is 0. The molecule has 0 unspecified atom stereocenters. The van der Waals surface area contributed by atoms with Gasteiger partial charge in [0.25, 0.3) is 11.8 Å². The van der Waals surface area contributed by atoms with Crippen LogP contribution < -0.4 is 20.3 Å². The molecule has 0 saturated carbocycles. The number of hydrogen-bond acceptors (Lipinski definition) is 6. The lowest BCUT2D eigenvalue weighted by Crippen LogP contribution is -2.41. The number of fused-ring (bicyclic) bond motifs is 1. The summed E-state index contributed by atoms with van der Waals surface area (Å²) in [6, 6.07) is 16.3. The number of nitrogens with zero attached hydrogens (tertiary/aromatic N) is 3. The van der Waals surface area contributed by atoms with Gasteiger partial charge < -0.3 is 9.47 Å². The lowest BCUT2D eigenvalue weighted by Gasteiger charge is -2.14. The molecule has 9 nitrogen and oxygen atoms in total. The second-order valence-electron chi connectivity index (χ2n) is 7.43. The molecule has 168 valence electrons. The van der Waals surface area contributed by atoms with Crippen molar-refractivity contribution in [2.75, 3.05) is 7.11 Å². The SMILES string of the molecule is COc1cc(C(=O)NNC(=O)c2cnn3c(-c4ccccc4)ccnc23)ccc1OC(C)C. The minimum atomic E-state index is -0.539. The highest BCUT2D eigenvalue weighted by Gasteiger charge is 2.18. The van der Waals surface area contributed by atoms with E-state index in [1.807, 2.05) is 50.2 Å². The molecule has 0 radical (unpaired) electrons. The van der Waals surface area contributed by atoms with Gasteiger partial charge in [-0.15, -0.1) is 0 Å². The van der Waals surface area contributed by atoms with Gasteiger partial charge in [-0.25, -0.2) is 9.50 Å². The number of hydrazine groups is 1. The Morgan fingerprint density at radius 3 is 2.45 bits per heavy atom. The highest BCUT2D eigenvalue weighted by molar-refractivity contribution is 6.02. The first-order valence-corrected chi connectivity index (χ1v) is 10.3. The molecule has 2 aromatic heterocycles. The number of methoxy groups -OCH3 is 1. The molecule has 0 bridgehead atoms. The Bertz CT molecular complexity index is 1300. The Labute approximate surface area is 190 Å². The van der Waals surface area contributed by atoms with Crippen molar-refractivity contribution in [3.8, 4) is 22.8 Å². The van der Waals surface area contributed by atoms with Gasteiger partial charge in [0.05, 0.1) is 25.1 Å². The number of nitrogens with one attached hydrogen (secondary N) is 2. The van der Waals surface area contributed by atoms with E-state index in [1.165, 1.54) is 13.3 Å². The minimum absolute atomic E-state index is 0.0419. The summed E-state index contributed by atoms with van der Waals surface area (Å²) in [6.07, 6.45) is 2.98. The standard InChI is InChI=1S/C24H23N5O4/c1-15(2)33-20-10-9-17(13-21(20)32-3)23(30)27-28-24(31)18-14-26-29-19(11-12-25-22(18)29)16-7-5-4-6-8-16/h4-15H,1-3H3,(H,27,30)(H,28,31). The van der Waals surface area contributed by atoms with Gasteiger partial charge in [-0.3, -0.25) is 20.4 Å². The zero-order valence-electron chi connectivity index (χ0n) is 18.4. The van der Waals surface area contributed by atoms with E-state index in [2.05, 4.69) is 20.9 Å². The van der Waals surface area contributed by atoms with Gasteiger partial charge in [-0.05, 0) is 38.1 Å². The molecule has 4 rings (SSSR count). The van der Waals surface area contributed by atoms with Gasteiger partial charge in [0.1, 0.15) is 5.56 Å². The normalized spacial score (nSPS) is 10.8. The Balaban J connectivity index is 1.50. The molecule has 4 aromatic rings. The maximum atomic E-state index is 12.7. The van der Waals surface area contributed by atoms with Crippen molar-refractivity contribution < 1.29 is 19.1 Å². The zero-order valence-corrected chi connectivity index (χ0v) is 18.4. The summed E-state index contributed by atoms with van der Waals surface area (Å²) in [4.78, 5) is 29.6. The summed E-state index contributed by atoms with van der Waals surface area (Å²) in [5, 5.41) is 4.31. The van der Waals surface area contributed by atoms with Crippen molar-refractivity contribution >= 4 is 17.5 Å². The molecule has 0 saturated heterocycles. The third kappa shape index (κ3) is 4.62. The van der Waals surface area contributed by atoms with Crippen molar-refractivity contribution in [1.82, 2.24) is 25.4 Å². The largest absolute Gasteiger partial charge is 0.493 e. The first kappa shape index (κ1) is 21.8. The molecule has 0 aliphatic carbocycles. The lowest BCUT2D eigenvalue weighted by atomic mass is 10.1. The van der Waals surface area contributed by atoms with E-state index in [9.17, 15) is 9.59 Å². The van der Waals surface area contributed by atoms with Crippen LogP contribution in [0.25, 0.3) is 16.9 Å². The number of rotatable bonds is 6. The van der Waals surface area contributed by atoms with Crippen LogP contribution >= 0.6 is 0 Å². The van der Waals surface area contributed by atoms with E-state index >= 15 is 0 Å². The van der Waals surface area contributed by atoms with Crippen molar-refractivity contribution in [3.63, 3.8) is 0 Å². The van der Waals surface area contributed by atoms with Crippen LogP contribution in [-0.4, -0.2) is 39.6 Å². The number of ether oxygens (including phenoxy) is 2. The zero-order chi connectivity index (χ0) is 23.4. The quantitative estimate of drug-likeness (QED) is 0.441. The molecule has 0 atom stereocenters. The van der Waals surface area contributed by atoms with Crippen molar-refractivity contribution in [2.45, 2.75) is 20.0 Å². The molecule has 0 fully saturated rings. The highest BCUT2D eigenvalue weighted by atomic mass is 16.5. The van der Waals surface area contributed by atoms with E-state index in [0.717, 1.165) is 11.3 Å². The summed E-state index contributed by atoms with van der Waals surface area (Å²) in [5.74, 6) is -0.0994. The van der Waals surface area contributed by atoms with E-state index in [4.69, 9.17) is 9.47 Å². The van der Waals surface area contributed by atoms with Gasteiger partial charge in [0, 0.05) is 17.3 Å². The van der Waals surface area contributed by atoms with Crippen LogP contribution in [0.2, 0.25) is 0 Å². The fourth-order valence-corrected chi connectivity index (χ4v) is 3.29. The van der Waals surface area contributed by atoms with E-state index in [1.54, 1.807) is 28.9 Å². The maximum absolute atomic E-state index is 12.7. The van der Waals surface area contributed by atoms with E-state index in [0.29, 0.717) is 22.7 Å². The van der Waals surface area contributed by atoms with Gasteiger partial charge in [-0.1, -0.05) is 30.3 Å². The molecular formula is C24H23N5O4. The minimum Gasteiger partial charge on any atom is -0.493 e. The van der Waals surface area contributed by atoms with Crippen LogP contribution in [0, 0.1) is 0 Å². The maximum Gasteiger partial charge on any atom is 0.275 e. The number of aromatic nitrogens is 3. The summed E-state index contributed by atoms with van der Waals surface area (Å²) < 4.78 is 12.6. The number of carbonyl (C=O) groups excluding carboxylic acids is 2. The fraction of sp³-hybridized carbons (Fsp3) is 0.167. The van der Waals surface area contributed by atoms with Crippen molar-refractivity contribution in [1.29, 1.82) is 0 Å². The molecule has 0 aliphatic rings. The molecule has 33 heavy (non-hydrogen) atoms. The predicted octanol–water partition coefficient (Wildman–Crippen LogP) is 3.27. The average molecular weight is 445 g/mol. The Hall–Kier alpha value is -4.40. The van der Waals surface area contributed by atoms with Crippen LogP contribution in [0.3, 0.4) is 0 Å². The topological polar surface area (TPSA) is 107 Å². The smallest absolute Gasteiger partial charge is 0.275 e. The van der Waals surface area contributed by atoms with E-state index in [-0.39, 0.29) is 11.7 Å². The van der Waals surface area contributed by atoms with Crippen LogP contribution in [0.5, 0.6) is 11.5 Å². The molecule has 2 heterocycles. The van der Waals surface area contributed by atoms with Crippen LogP contribution in [0.4, 0.5) is 0 Å². The third-order valence-electron chi connectivity index (χ3n) is 4.79. The molecule has 2 N–H and O–H groups in total. The highest BCUT2D eigenvalue weighted by Crippen LogP contribution is 2.29. The average Bonchev–Trinajstić information content (AvgIpc) is 3.27. The van der Waals surface area contributed by atoms with Crippen molar-refractivity contribution in [2.24, 2.45) is 0 Å².